The fourth-order valence-electron chi connectivity index (χ4n) is 1.44. The van der Waals surface area contributed by atoms with E-state index in [9.17, 15) is 18.7 Å². The number of amides is 1. The van der Waals surface area contributed by atoms with Crippen LogP contribution in [0, 0.1) is 11.6 Å². The molecule has 1 aromatic rings. The van der Waals surface area contributed by atoms with Gasteiger partial charge in [0.25, 0.3) is 0 Å². The van der Waals surface area contributed by atoms with Crippen LogP contribution in [0.2, 0.25) is 0 Å². The number of hydrogen-bond donors (Lipinski definition) is 2. The molecule has 1 amide bonds. The topological polar surface area (TPSA) is 63.3 Å². The standard InChI is InChI=1S/C11H13F2NO2/c1-2-11(16,10(14)15)6-7-3-8(12)5-9(13)4-7/h3-5,16H,2,6H2,1H3,(H2,14,15). The molecule has 0 aliphatic rings. The van der Waals surface area contributed by atoms with Gasteiger partial charge in [-0.1, -0.05) is 6.92 Å². The molecule has 1 unspecified atom stereocenters. The summed E-state index contributed by atoms with van der Waals surface area (Å²) in [6.07, 6.45) is -0.117. The molecule has 1 aromatic carbocycles. The van der Waals surface area contributed by atoms with Gasteiger partial charge in [-0.15, -0.1) is 0 Å². The third-order valence-electron chi connectivity index (χ3n) is 2.46. The molecule has 0 radical (unpaired) electrons. The Bertz CT molecular complexity index is 389. The summed E-state index contributed by atoms with van der Waals surface area (Å²) in [4.78, 5) is 11.0. The van der Waals surface area contributed by atoms with Crippen molar-refractivity contribution in [2.45, 2.75) is 25.4 Å². The Kier molecular flexibility index (Phi) is 3.59. The molecule has 16 heavy (non-hydrogen) atoms. The van der Waals surface area contributed by atoms with Crippen molar-refractivity contribution in [2.75, 3.05) is 0 Å². The highest BCUT2D eigenvalue weighted by Gasteiger charge is 2.32. The Morgan fingerprint density at radius 3 is 2.25 bits per heavy atom. The summed E-state index contributed by atoms with van der Waals surface area (Å²) < 4.78 is 25.7. The maximum atomic E-state index is 12.9. The number of aliphatic hydroxyl groups is 1. The lowest BCUT2D eigenvalue weighted by Gasteiger charge is -2.22. The van der Waals surface area contributed by atoms with E-state index in [-0.39, 0.29) is 18.4 Å². The number of carbonyl (C=O) groups excluding carboxylic acids is 1. The Morgan fingerprint density at radius 1 is 1.38 bits per heavy atom. The van der Waals surface area contributed by atoms with Crippen molar-refractivity contribution in [3.63, 3.8) is 0 Å². The van der Waals surface area contributed by atoms with E-state index in [4.69, 9.17) is 5.73 Å². The number of hydrogen-bond acceptors (Lipinski definition) is 2. The number of primary amides is 1. The van der Waals surface area contributed by atoms with E-state index < -0.39 is 23.1 Å². The van der Waals surface area contributed by atoms with Gasteiger partial charge in [0.2, 0.25) is 5.91 Å². The van der Waals surface area contributed by atoms with Crippen molar-refractivity contribution >= 4 is 5.91 Å². The normalized spacial score (nSPS) is 14.5. The summed E-state index contributed by atoms with van der Waals surface area (Å²) in [7, 11) is 0. The van der Waals surface area contributed by atoms with E-state index in [0.29, 0.717) is 0 Å². The molecule has 0 spiro atoms. The summed E-state index contributed by atoms with van der Waals surface area (Å²) in [5.74, 6) is -2.41. The first-order valence-corrected chi connectivity index (χ1v) is 4.84. The van der Waals surface area contributed by atoms with Gasteiger partial charge in [-0.25, -0.2) is 8.78 Å². The number of halogens is 2. The maximum absolute atomic E-state index is 12.9. The van der Waals surface area contributed by atoms with Crippen molar-refractivity contribution in [1.82, 2.24) is 0 Å². The van der Waals surface area contributed by atoms with Crippen LogP contribution >= 0.6 is 0 Å². The fraction of sp³-hybridized carbons (Fsp3) is 0.364. The van der Waals surface area contributed by atoms with Gasteiger partial charge >= 0.3 is 0 Å². The maximum Gasteiger partial charge on any atom is 0.249 e. The van der Waals surface area contributed by atoms with Gasteiger partial charge in [-0.05, 0) is 24.1 Å². The molecular weight excluding hydrogens is 216 g/mol. The molecule has 0 bridgehead atoms. The third kappa shape index (κ3) is 2.76. The zero-order valence-electron chi connectivity index (χ0n) is 8.84. The van der Waals surface area contributed by atoms with Crippen molar-refractivity contribution in [3.8, 4) is 0 Å². The lowest BCUT2D eigenvalue weighted by atomic mass is 9.91. The van der Waals surface area contributed by atoms with Crippen LogP contribution in [-0.4, -0.2) is 16.6 Å². The summed E-state index contributed by atoms with van der Waals surface area (Å²) in [5.41, 5.74) is 3.46. The predicted molar refractivity (Wildman–Crippen MR) is 54.5 cm³/mol. The summed E-state index contributed by atoms with van der Waals surface area (Å²) in [6, 6.07) is 2.85. The van der Waals surface area contributed by atoms with Gasteiger partial charge < -0.3 is 10.8 Å². The largest absolute Gasteiger partial charge is 0.380 e. The molecule has 0 fully saturated rings. The van der Waals surface area contributed by atoms with E-state index in [1.165, 1.54) is 0 Å². The second-order valence-electron chi connectivity index (χ2n) is 3.70. The molecule has 3 N–H and O–H groups in total. The van der Waals surface area contributed by atoms with E-state index in [1.54, 1.807) is 6.92 Å². The Labute approximate surface area is 91.9 Å². The van der Waals surface area contributed by atoms with Crippen LogP contribution in [0.4, 0.5) is 8.78 Å². The van der Waals surface area contributed by atoms with Gasteiger partial charge in [0.05, 0.1) is 0 Å². The van der Waals surface area contributed by atoms with Gasteiger partial charge in [0.15, 0.2) is 0 Å². The molecule has 5 heteroatoms. The lowest BCUT2D eigenvalue weighted by Crippen LogP contribution is -2.45. The molecule has 0 aliphatic carbocycles. The first-order valence-electron chi connectivity index (χ1n) is 4.84. The predicted octanol–water partition coefficient (Wildman–Crippen LogP) is 1.13. The number of rotatable bonds is 4. The highest BCUT2D eigenvalue weighted by Crippen LogP contribution is 2.18. The molecule has 3 nitrogen and oxygen atoms in total. The quantitative estimate of drug-likeness (QED) is 0.813. The van der Waals surface area contributed by atoms with Crippen molar-refractivity contribution in [2.24, 2.45) is 5.73 Å². The average molecular weight is 229 g/mol. The van der Waals surface area contributed by atoms with Crippen LogP contribution < -0.4 is 5.73 Å². The lowest BCUT2D eigenvalue weighted by molar-refractivity contribution is -0.136. The van der Waals surface area contributed by atoms with Crippen LogP contribution in [0.1, 0.15) is 18.9 Å². The first kappa shape index (κ1) is 12.6. The molecule has 0 heterocycles. The highest BCUT2D eigenvalue weighted by molar-refractivity contribution is 5.83. The Morgan fingerprint density at radius 2 is 1.88 bits per heavy atom. The number of nitrogens with two attached hydrogens (primary N) is 1. The zero-order chi connectivity index (χ0) is 12.3. The molecule has 88 valence electrons. The molecule has 0 aliphatic heterocycles. The molecular formula is C11H13F2NO2. The molecule has 0 aromatic heterocycles. The summed E-state index contributed by atoms with van der Waals surface area (Å²) in [5, 5.41) is 9.81. The van der Waals surface area contributed by atoms with Crippen molar-refractivity contribution in [1.29, 1.82) is 0 Å². The van der Waals surface area contributed by atoms with E-state index in [1.807, 2.05) is 0 Å². The monoisotopic (exact) mass is 229 g/mol. The van der Waals surface area contributed by atoms with Crippen molar-refractivity contribution in [3.05, 3.63) is 35.4 Å². The smallest absolute Gasteiger partial charge is 0.249 e. The molecule has 0 saturated carbocycles. The SMILES string of the molecule is CCC(O)(Cc1cc(F)cc(F)c1)C(N)=O. The number of carbonyl (C=O) groups is 1. The average Bonchev–Trinajstić information content (AvgIpc) is 2.15. The zero-order valence-corrected chi connectivity index (χ0v) is 8.84. The Balaban J connectivity index is 2.99. The minimum atomic E-state index is -1.76. The van der Waals surface area contributed by atoms with Crippen LogP contribution in [-0.2, 0) is 11.2 Å². The van der Waals surface area contributed by atoms with Crippen LogP contribution in [0.3, 0.4) is 0 Å². The second-order valence-corrected chi connectivity index (χ2v) is 3.70. The Hall–Kier alpha value is -1.49. The first-order chi connectivity index (χ1) is 7.37. The molecule has 1 atom stereocenters. The van der Waals surface area contributed by atoms with Crippen LogP contribution in [0.15, 0.2) is 18.2 Å². The highest BCUT2D eigenvalue weighted by atomic mass is 19.1. The summed E-state index contributed by atoms with van der Waals surface area (Å²) in [6.45, 7) is 1.57. The number of benzene rings is 1. The molecule has 1 rings (SSSR count). The van der Waals surface area contributed by atoms with Gasteiger partial charge in [0.1, 0.15) is 17.2 Å². The molecule has 0 saturated heterocycles. The van der Waals surface area contributed by atoms with E-state index in [2.05, 4.69) is 0 Å². The minimum Gasteiger partial charge on any atom is -0.380 e. The van der Waals surface area contributed by atoms with Gasteiger partial charge in [-0.3, -0.25) is 4.79 Å². The minimum absolute atomic E-state index is 0.0838. The van der Waals surface area contributed by atoms with Crippen molar-refractivity contribution < 1.29 is 18.7 Å². The van der Waals surface area contributed by atoms with Gasteiger partial charge in [0, 0.05) is 12.5 Å². The third-order valence-corrected chi connectivity index (χ3v) is 2.46. The van der Waals surface area contributed by atoms with Gasteiger partial charge in [-0.2, -0.15) is 0 Å². The van der Waals surface area contributed by atoms with Crippen LogP contribution in [0.5, 0.6) is 0 Å². The summed E-state index contributed by atoms with van der Waals surface area (Å²) >= 11 is 0. The second kappa shape index (κ2) is 4.57. The van der Waals surface area contributed by atoms with E-state index in [0.717, 1.165) is 18.2 Å². The van der Waals surface area contributed by atoms with Crippen LogP contribution in [0.25, 0.3) is 0 Å². The fourth-order valence-corrected chi connectivity index (χ4v) is 1.44. The van der Waals surface area contributed by atoms with E-state index >= 15 is 0 Å².